The second-order valence-corrected chi connectivity index (χ2v) is 5.70. The molecule has 0 spiro atoms. The van der Waals surface area contributed by atoms with E-state index in [2.05, 4.69) is 20.4 Å². The summed E-state index contributed by atoms with van der Waals surface area (Å²) >= 11 is 0. The molecule has 26 heavy (non-hydrogen) atoms. The third kappa shape index (κ3) is 3.70. The van der Waals surface area contributed by atoms with Crippen LogP contribution in [0.3, 0.4) is 0 Å². The Balaban J connectivity index is 2.11. The van der Waals surface area contributed by atoms with Crippen molar-refractivity contribution in [2.75, 3.05) is 25.6 Å². The van der Waals surface area contributed by atoms with E-state index < -0.39 is 11.6 Å². The number of hydrogen-bond donors (Lipinski definition) is 1. The monoisotopic (exact) mass is 360 g/mol. The van der Waals surface area contributed by atoms with Gasteiger partial charge in [0.25, 0.3) is 0 Å². The number of benzene rings is 1. The highest BCUT2D eigenvalue weighted by atomic mass is 19.1. The number of nitrogens with zero attached hydrogens (tertiary/aromatic N) is 3. The number of ether oxygens (including phenoxy) is 1. The lowest BCUT2D eigenvalue weighted by molar-refractivity contribution is 0.210. The van der Waals surface area contributed by atoms with Gasteiger partial charge in [-0.3, -0.25) is 0 Å². The van der Waals surface area contributed by atoms with Crippen molar-refractivity contribution in [2.24, 2.45) is 0 Å². The lowest BCUT2D eigenvalue weighted by atomic mass is 10.1. The molecule has 8 heteroatoms. The molecule has 0 unspecified atom stereocenters. The Morgan fingerprint density at radius 2 is 1.88 bits per heavy atom. The fourth-order valence-corrected chi connectivity index (χ4v) is 2.60. The molecule has 6 nitrogen and oxygen atoms in total. The Hall–Kier alpha value is -2.87. The topological polar surface area (TPSA) is 73.1 Å². The van der Waals surface area contributed by atoms with Crippen molar-refractivity contribution in [2.45, 2.75) is 13.8 Å². The molecule has 1 aromatic carbocycles. The maximum Gasteiger partial charge on any atom is 0.223 e. The molecule has 0 aliphatic rings. The summed E-state index contributed by atoms with van der Waals surface area (Å²) in [5, 5.41) is 6.96. The normalized spacial score (nSPS) is 11.0. The van der Waals surface area contributed by atoms with Gasteiger partial charge in [0.2, 0.25) is 5.95 Å². The van der Waals surface area contributed by atoms with Crippen molar-refractivity contribution in [1.82, 2.24) is 15.1 Å². The molecule has 0 radical (unpaired) electrons. The fourth-order valence-electron chi connectivity index (χ4n) is 2.60. The van der Waals surface area contributed by atoms with E-state index in [9.17, 15) is 8.78 Å². The molecule has 0 fully saturated rings. The van der Waals surface area contributed by atoms with E-state index in [-0.39, 0.29) is 5.56 Å². The average Bonchev–Trinajstić information content (AvgIpc) is 2.93. The van der Waals surface area contributed by atoms with Gasteiger partial charge in [0.1, 0.15) is 17.4 Å². The second-order valence-electron chi connectivity index (χ2n) is 5.70. The van der Waals surface area contributed by atoms with E-state index in [1.807, 2.05) is 0 Å². The Kier molecular flexibility index (Phi) is 5.22. The number of aromatic nitrogens is 3. The second kappa shape index (κ2) is 7.57. The molecule has 0 bridgehead atoms. The van der Waals surface area contributed by atoms with Gasteiger partial charge in [-0.15, -0.1) is 0 Å². The SMILES string of the molecule is COCCNc1nc(-c2ccc(F)cc2F)cc(-c2c(C)noc2C)n1. The van der Waals surface area contributed by atoms with Crippen LogP contribution in [-0.2, 0) is 4.74 Å². The zero-order chi connectivity index (χ0) is 18.7. The number of anilines is 1. The summed E-state index contributed by atoms with van der Waals surface area (Å²) in [5.74, 6) is -0.450. The van der Waals surface area contributed by atoms with Crippen LogP contribution in [0.2, 0.25) is 0 Å². The number of aryl methyl sites for hydroxylation is 2. The van der Waals surface area contributed by atoms with Crippen LogP contribution >= 0.6 is 0 Å². The molecule has 0 atom stereocenters. The van der Waals surface area contributed by atoms with Crippen LogP contribution in [0, 0.1) is 25.5 Å². The standard InChI is InChI=1S/C18H18F2N4O2/c1-10-17(11(2)26-24-10)16-9-15(13-5-4-12(19)8-14(13)20)22-18(23-16)21-6-7-25-3/h4-5,8-9H,6-7H2,1-3H3,(H,21,22,23). The van der Waals surface area contributed by atoms with Gasteiger partial charge < -0.3 is 14.6 Å². The van der Waals surface area contributed by atoms with Crippen LogP contribution in [0.4, 0.5) is 14.7 Å². The maximum atomic E-state index is 14.2. The van der Waals surface area contributed by atoms with E-state index in [0.29, 0.717) is 47.5 Å². The number of hydrogen-bond acceptors (Lipinski definition) is 6. The third-order valence-electron chi connectivity index (χ3n) is 3.81. The van der Waals surface area contributed by atoms with Crippen molar-refractivity contribution in [3.63, 3.8) is 0 Å². The van der Waals surface area contributed by atoms with Gasteiger partial charge in [-0.2, -0.15) is 0 Å². The summed E-state index contributed by atoms with van der Waals surface area (Å²) < 4.78 is 37.7. The highest BCUT2D eigenvalue weighted by molar-refractivity contribution is 5.71. The van der Waals surface area contributed by atoms with E-state index in [0.717, 1.165) is 6.07 Å². The van der Waals surface area contributed by atoms with Crippen LogP contribution in [0.1, 0.15) is 11.5 Å². The quantitative estimate of drug-likeness (QED) is 0.675. The van der Waals surface area contributed by atoms with E-state index in [1.165, 1.54) is 12.1 Å². The minimum absolute atomic E-state index is 0.177. The maximum absolute atomic E-state index is 14.2. The first-order chi connectivity index (χ1) is 12.5. The summed E-state index contributed by atoms with van der Waals surface area (Å²) in [6.45, 7) is 4.50. The Morgan fingerprint density at radius 1 is 1.12 bits per heavy atom. The summed E-state index contributed by atoms with van der Waals surface area (Å²) in [6, 6.07) is 4.99. The molecule has 0 aliphatic heterocycles. The Bertz CT molecular complexity index is 908. The van der Waals surface area contributed by atoms with Gasteiger partial charge in [0.05, 0.1) is 29.3 Å². The van der Waals surface area contributed by atoms with Crippen LogP contribution in [0.5, 0.6) is 0 Å². The molecule has 2 heterocycles. The molecular formula is C18H18F2N4O2. The summed E-state index contributed by atoms with van der Waals surface area (Å²) in [6.07, 6.45) is 0. The van der Waals surface area contributed by atoms with Crippen molar-refractivity contribution in [1.29, 1.82) is 0 Å². The number of methoxy groups -OCH3 is 1. The molecule has 3 aromatic rings. The van der Waals surface area contributed by atoms with Gasteiger partial charge in [-0.05, 0) is 32.0 Å². The van der Waals surface area contributed by atoms with Crippen LogP contribution < -0.4 is 5.32 Å². The first kappa shape index (κ1) is 17.9. The lowest BCUT2D eigenvalue weighted by Gasteiger charge is -2.10. The molecular weight excluding hydrogens is 342 g/mol. The Labute approximate surface area is 149 Å². The van der Waals surface area contributed by atoms with E-state index >= 15 is 0 Å². The van der Waals surface area contributed by atoms with Crippen molar-refractivity contribution in [3.05, 3.63) is 47.4 Å². The van der Waals surface area contributed by atoms with Crippen molar-refractivity contribution in [3.8, 4) is 22.5 Å². The Morgan fingerprint density at radius 3 is 2.54 bits per heavy atom. The average molecular weight is 360 g/mol. The smallest absolute Gasteiger partial charge is 0.223 e. The molecule has 0 amide bonds. The van der Waals surface area contributed by atoms with Gasteiger partial charge in [0, 0.05) is 25.3 Å². The van der Waals surface area contributed by atoms with Gasteiger partial charge in [-0.25, -0.2) is 18.7 Å². The number of halogens is 2. The van der Waals surface area contributed by atoms with E-state index in [4.69, 9.17) is 9.26 Å². The molecule has 0 saturated carbocycles. The summed E-state index contributed by atoms with van der Waals surface area (Å²) in [7, 11) is 1.59. The molecule has 0 saturated heterocycles. The first-order valence-corrected chi connectivity index (χ1v) is 8.00. The minimum atomic E-state index is -0.698. The highest BCUT2D eigenvalue weighted by Crippen LogP contribution is 2.30. The molecule has 1 N–H and O–H groups in total. The van der Waals surface area contributed by atoms with Crippen molar-refractivity contribution < 1.29 is 18.0 Å². The molecule has 3 rings (SSSR count). The number of rotatable bonds is 6. The van der Waals surface area contributed by atoms with Gasteiger partial charge in [-0.1, -0.05) is 5.16 Å². The predicted octanol–water partition coefficient (Wildman–Crippen LogP) is 3.75. The zero-order valence-electron chi connectivity index (χ0n) is 14.6. The van der Waals surface area contributed by atoms with Crippen molar-refractivity contribution >= 4 is 5.95 Å². The van der Waals surface area contributed by atoms with Gasteiger partial charge in [0.15, 0.2) is 0 Å². The van der Waals surface area contributed by atoms with Crippen LogP contribution in [-0.4, -0.2) is 35.4 Å². The van der Waals surface area contributed by atoms with Crippen LogP contribution in [0.15, 0.2) is 28.8 Å². The third-order valence-corrected chi connectivity index (χ3v) is 3.81. The lowest BCUT2D eigenvalue weighted by Crippen LogP contribution is -2.11. The minimum Gasteiger partial charge on any atom is -0.383 e. The molecule has 0 aliphatic carbocycles. The summed E-state index contributed by atoms with van der Waals surface area (Å²) in [5.41, 5.74) is 2.42. The van der Waals surface area contributed by atoms with Crippen LogP contribution in [0.25, 0.3) is 22.5 Å². The van der Waals surface area contributed by atoms with E-state index in [1.54, 1.807) is 27.0 Å². The molecule has 2 aromatic heterocycles. The highest BCUT2D eigenvalue weighted by Gasteiger charge is 2.17. The predicted molar refractivity (Wildman–Crippen MR) is 92.7 cm³/mol. The zero-order valence-corrected chi connectivity index (χ0v) is 14.6. The fraction of sp³-hybridized carbons (Fsp3) is 0.278. The largest absolute Gasteiger partial charge is 0.383 e. The summed E-state index contributed by atoms with van der Waals surface area (Å²) in [4.78, 5) is 8.81. The van der Waals surface area contributed by atoms with Gasteiger partial charge >= 0.3 is 0 Å². The number of nitrogens with one attached hydrogen (secondary N) is 1. The molecule has 136 valence electrons. The first-order valence-electron chi connectivity index (χ1n) is 8.00.